The van der Waals surface area contributed by atoms with E-state index in [4.69, 9.17) is 4.74 Å². The van der Waals surface area contributed by atoms with Crippen LogP contribution >= 0.6 is 10.9 Å². The molecule has 3 N–H and O–H groups in total. The molecule has 1 unspecified atom stereocenters. The van der Waals surface area contributed by atoms with Crippen LogP contribution in [0.3, 0.4) is 0 Å². The summed E-state index contributed by atoms with van der Waals surface area (Å²) in [6.07, 6.45) is -1.84. The van der Waals surface area contributed by atoms with Crippen LogP contribution in [-0.2, 0) is 4.74 Å². The zero-order chi connectivity index (χ0) is 32.0. The van der Waals surface area contributed by atoms with Crippen molar-refractivity contribution in [3.8, 4) is 11.3 Å². The molecule has 44 heavy (non-hydrogen) atoms. The Labute approximate surface area is 255 Å². The number of hydrogen-bond donors (Lipinski definition) is 4. The number of rotatable bonds is 8. The minimum atomic E-state index is -2.88. The van der Waals surface area contributed by atoms with E-state index in [-0.39, 0.29) is 35.8 Å². The lowest BCUT2D eigenvalue weighted by Crippen LogP contribution is -2.54. The van der Waals surface area contributed by atoms with Gasteiger partial charge in [0.1, 0.15) is 11.7 Å². The Morgan fingerprint density at radius 3 is 2.23 bits per heavy atom. The maximum atomic E-state index is 14.3. The van der Waals surface area contributed by atoms with Gasteiger partial charge in [-0.05, 0) is 42.0 Å². The fourth-order valence-corrected chi connectivity index (χ4v) is 10.7. The van der Waals surface area contributed by atoms with Crippen LogP contribution in [0, 0.1) is 17.5 Å². The highest BCUT2D eigenvalue weighted by atomic mass is 32.2. The van der Waals surface area contributed by atoms with E-state index in [0.29, 0.717) is 0 Å². The van der Waals surface area contributed by atoms with Gasteiger partial charge in [-0.1, -0.05) is 43.3 Å². The van der Waals surface area contributed by atoms with Crippen molar-refractivity contribution in [2.75, 3.05) is 19.5 Å². The first-order chi connectivity index (χ1) is 20.8. The summed E-state index contributed by atoms with van der Waals surface area (Å²) in [6.45, 7) is 3.57. The molecule has 6 atom stereocenters. The zero-order valence-electron chi connectivity index (χ0n) is 24.7. The molecule has 5 rings (SSSR count). The van der Waals surface area contributed by atoms with Crippen LogP contribution in [-0.4, -0.2) is 78.8 Å². The number of benzene rings is 2. The van der Waals surface area contributed by atoms with E-state index in [1.54, 1.807) is 0 Å². The third-order valence-corrected chi connectivity index (χ3v) is 12.7. The highest BCUT2D eigenvalue weighted by Crippen LogP contribution is 2.62. The number of nitrogens with zero attached hydrogens (tertiary/aromatic N) is 3. The van der Waals surface area contributed by atoms with Crippen molar-refractivity contribution in [1.82, 2.24) is 15.0 Å². The van der Waals surface area contributed by atoms with Gasteiger partial charge in [0.25, 0.3) is 0 Å². The number of aromatic nitrogens is 3. The van der Waals surface area contributed by atoms with E-state index in [2.05, 4.69) is 10.3 Å². The second kappa shape index (κ2) is 12.7. The SMILES string of the molecule is CO[C@H]1C[SH]([C@@H](c2ccccc2C(C)C)C2(O)CCC(F)(F)CC2)[C@H](CO)[C@H](O)[C@@H]1n1cc(-c2cc(F)c(F)c(F)c2)nn1. The number of hydrogen-bond acceptors (Lipinski definition) is 6. The van der Waals surface area contributed by atoms with Crippen LogP contribution in [0.25, 0.3) is 11.3 Å². The smallest absolute Gasteiger partial charge is 0.248 e. The number of aliphatic hydroxyl groups excluding tert-OH is 2. The fourth-order valence-electron chi connectivity index (χ4n) is 6.79. The Hall–Kier alpha value is -2.58. The van der Waals surface area contributed by atoms with Gasteiger partial charge in [0.2, 0.25) is 5.92 Å². The maximum absolute atomic E-state index is 14.3. The predicted molar refractivity (Wildman–Crippen MR) is 158 cm³/mol. The van der Waals surface area contributed by atoms with Gasteiger partial charge in [0, 0.05) is 41.8 Å². The molecule has 242 valence electrons. The van der Waals surface area contributed by atoms with E-state index in [1.807, 2.05) is 38.1 Å². The first kappa shape index (κ1) is 32.8. The molecule has 7 nitrogen and oxygen atoms in total. The van der Waals surface area contributed by atoms with Crippen LogP contribution in [0.15, 0.2) is 42.6 Å². The van der Waals surface area contributed by atoms with E-state index >= 15 is 0 Å². The quantitative estimate of drug-likeness (QED) is 0.148. The molecule has 3 aromatic rings. The summed E-state index contributed by atoms with van der Waals surface area (Å²) in [5.74, 6) is -6.94. The lowest BCUT2D eigenvalue weighted by atomic mass is 9.77. The van der Waals surface area contributed by atoms with Crippen molar-refractivity contribution in [2.45, 2.75) is 85.7 Å². The van der Waals surface area contributed by atoms with Crippen molar-refractivity contribution < 1.29 is 42.0 Å². The Morgan fingerprint density at radius 2 is 1.66 bits per heavy atom. The summed E-state index contributed by atoms with van der Waals surface area (Å²) < 4.78 is 77.2. The van der Waals surface area contributed by atoms with E-state index < -0.39 is 88.1 Å². The second-order valence-electron chi connectivity index (χ2n) is 12.2. The van der Waals surface area contributed by atoms with Crippen LogP contribution in [0.1, 0.15) is 67.9 Å². The van der Waals surface area contributed by atoms with Gasteiger partial charge in [-0.25, -0.2) is 37.5 Å². The molecule has 0 spiro atoms. The largest absolute Gasteiger partial charge is 0.395 e. The van der Waals surface area contributed by atoms with E-state index in [1.165, 1.54) is 18.0 Å². The van der Waals surface area contributed by atoms with Gasteiger partial charge in [-0.15, -0.1) is 5.10 Å². The summed E-state index contributed by atoms with van der Waals surface area (Å²) >= 11 is 0. The lowest BCUT2D eigenvalue weighted by Gasteiger charge is -2.54. The third-order valence-electron chi connectivity index (χ3n) is 9.13. The molecule has 1 aliphatic heterocycles. The number of halogens is 5. The fraction of sp³-hybridized carbons (Fsp3) is 0.548. The molecule has 2 fully saturated rings. The van der Waals surface area contributed by atoms with E-state index in [0.717, 1.165) is 23.3 Å². The molecule has 1 saturated carbocycles. The Balaban J connectivity index is 1.55. The Bertz CT molecular complexity index is 1440. The summed E-state index contributed by atoms with van der Waals surface area (Å²) in [5.41, 5.74) is 0.221. The number of ether oxygens (including phenoxy) is 1. The summed E-state index contributed by atoms with van der Waals surface area (Å²) in [6, 6.07) is 8.26. The number of methoxy groups -OCH3 is 1. The topological polar surface area (TPSA) is 101 Å². The molecule has 1 aliphatic carbocycles. The van der Waals surface area contributed by atoms with Crippen molar-refractivity contribution in [2.24, 2.45) is 0 Å². The standard InChI is InChI=1S/C31H38F5N3O4S/c1-17(2)19-6-4-5-7-20(19)29(30(42)8-10-31(35,36)11-9-30)44-16-24(43-3)27(28(41)25(44)15-40)39-14-23(37-38-39)18-12-21(32)26(34)22(33)13-18/h4-7,12-14,17,24-25,27-29,40-42,44H,8-11,15-16H2,1-3H3/t24-,25+,27+,28-,29-/m0/s1. The molecule has 2 aliphatic rings. The van der Waals surface area contributed by atoms with Crippen LogP contribution in [0.5, 0.6) is 0 Å². The predicted octanol–water partition coefficient (Wildman–Crippen LogP) is 5.46. The second-order valence-corrected chi connectivity index (χ2v) is 14.8. The van der Waals surface area contributed by atoms with E-state index in [9.17, 15) is 37.3 Å². The van der Waals surface area contributed by atoms with Gasteiger partial charge < -0.3 is 20.1 Å². The van der Waals surface area contributed by atoms with Crippen LogP contribution in [0.4, 0.5) is 22.0 Å². The summed E-state index contributed by atoms with van der Waals surface area (Å²) in [4.78, 5) is 0. The summed E-state index contributed by atoms with van der Waals surface area (Å²) in [7, 11) is -0.0403. The Morgan fingerprint density at radius 1 is 1.05 bits per heavy atom. The first-order valence-electron chi connectivity index (χ1n) is 14.6. The highest BCUT2D eigenvalue weighted by Gasteiger charge is 2.54. The monoisotopic (exact) mass is 643 g/mol. The van der Waals surface area contributed by atoms with Gasteiger partial charge in [0.05, 0.1) is 30.6 Å². The maximum Gasteiger partial charge on any atom is 0.248 e. The Kier molecular flexibility index (Phi) is 9.44. The minimum Gasteiger partial charge on any atom is -0.395 e. The molecule has 2 aromatic carbocycles. The number of aliphatic hydroxyl groups is 3. The number of thiol groups is 1. The average molecular weight is 644 g/mol. The number of alkyl halides is 2. The first-order valence-corrected chi connectivity index (χ1v) is 16.3. The van der Waals surface area contributed by atoms with Gasteiger partial charge in [-0.3, -0.25) is 0 Å². The molecule has 1 saturated heterocycles. The molecular weight excluding hydrogens is 605 g/mol. The molecule has 1 aromatic heterocycles. The zero-order valence-corrected chi connectivity index (χ0v) is 25.6. The molecule has 2 heterocycles. The van der Waals surface area contributed by atoms with Crippen LogP contribution in [0.2, 0.25) is 0 Å². The van der Waals surface area contributed by atoms with Crippen molar-refractivity contribution in [1.29, 1.82) is 0 Å². The van der Waals surface area contributed by atoms with Gasteiger partial charge in [0.15, 0.2) is 17.5 Å². The lowest BCUT2D eigenvalue weighted by molar-refractivity contribution is -0.105. The van der Waals surface area contributed by atoms with Gasteiger partial charge >= 0.3 is 0 Å². The summed E-state index contributed by atoms with van der Waals surface area (Å²) in [5, 5.41) is 41.3. The van der Waals surface area contributed by atoms with Crippen molar-refractivity contribution >= 4 is 10.9 Å². The average Bonchev–Trinajstić information content (AvgIpc) is 3.47. The minimum absolute atomic E-state index is 0.0272. The molecule has 0 amide bonds. The van der Waals surface area contributed by atoms with Crippen LogP contribution < -0.4 is 0 Å². The molecule has 0 bridgehead atoms. The van der Waals surface area contributed by atoms with Gasteiger partial charge in [-0.2, -0.15) is 0 Å². The molecule has 0 radical (unpaired) electrons. The molecular formula is C31H38F5N3O4S. The highest BCUT2D eigenvalue weighted by molar-refractivity contribution is 8.18. The normalized spacial score (nSPS) is 28.2. The third kappa shape index (κ3) is 6.13. The van der Waals surface area contributed by atoms with Crippen molar-refractivity contribution in [3.63, 3.8) is 0 Å². The van der Waals surface area contributed by atoms with Crippen molar-refractivity contribution in [3.05, 3.63) is 71.2 Å². The molecule has 13 heteroatoms.